The molecule has 0 radical (unpaired) electrons. The van der Waals surface area contributed by atoms with E-state index in [0.29, 0.717) is 31.2 Å². The van der Waals surface area contributed by atoms with Gasteiger partial charge in [-0.1, -0.05) is 195 Å². The van der Waals surface area contributed by atoms with Crippen LogP contribution in [0, 0.1) is 17.8 Å². The Bertz CT molecular complexity index is 2710. The van der Waals surface area contributed by atoms with Gasteiger partial charge >= 0.3 is 5.97 Å². The first-order valence-electron chi connectivity index (χ1n) is 29.3. The minimum Gasteiger partial charge on any atom is -0.462 e. The van der Waals surface area contributed by atoms with Crippen molar-refractivity contribution in [2.45, 2.75) is 178 Å². The number of carbonyl (C=O) groups is 3. The molecule has 434 valence electrons. The van der Waals surface area contributed by atoms with Crippen molar-refractivity contribution in [1.29, 1.82) is 0 Å². The molecule has 0 bridgehead atoms. The molecule has 4 fully saturated rings. The van der Waals surface area contributed by atoms with Crippen LogP contribution in [0.3, 0.4) is 0 Å². The standard InChI is InChI=1S/C67H86O12Si2/c1-45(44-73-65(70)47-26-16-11-17-27-47)40-57-46(2)54(58(75-57)43-59(71-9)72-10)42-48(69)41-49-36-37-55-60(74-49)64(79-81(67(6,7)8,52-32-22-14-23-33-52)53-34-24-15-25-35-53)63-62(76-55)61(56(77-63)38-39-68)78-80(66(3,4)5,50-28-18-12-19-29-50)51-30-20-13-21-31-51/h11-35,39,45-46,49,54-64H,36-38,40-44H2,1-10H3/t45-,46+,49+,54?,55-,56+,57+,58-,60-,61-,62-,63+,64-/m0/s1. The molecule has 5 aromatic rings. The second-order valence-corrected chi connectivity index (χ2v) is 33.6. The first kappa shape index (κ1) is 60.6. The fourth-order valence-electron chi connectivity index (χ4n) is 13.7. The van der Waals surface area contributed by atoms with E-state index in [4.69, 9.17) is 42.0 Å². The summed E-state index contributed by atoms with van der Waals surface area (Å²) in [5.41, 5.74) is 0.513. The summed E-state index contributed by atoms with van der Waals surface area (Å²) >= 11 is 0. The zero-order valence-electron chi connectivity index (χ0n) is 49.1. The number of fused-ring (bicyclic) bond motifs is 2. The molecule has 4 heterocycles. The van der Waals surface area contributed by atoms with Gasteiger partial charge in [0, 0.05) is 39.9 Å². The lowest BCUT2D eigenvalue weighted by molar-refractivity contribution is -0.254. The molecule has 0 aromatic heterocycles. The third kappa shape index (κ3) is 12.9. The summed E-state index contributed by atoms with van der Waals surface area (Å²) in [6.07, 6.45) is -1.99. The molecule has 12 nitrogen and oxygen atoms in total. The molecule has 13 atom stereocenters. The van der Waals surface area contributed by atoms with Crippen LogP contribution in [0.25, 0.3) is 0 Å². The van der Waals surface area contributed by atoms with Crippen LogP contribution in [0.4, 0.5) is 0 Å². The number of Topliss-reactive ketones (excluding diaryl/α,β-unsaturated/α-hetero) is 1. The van der Waals surface area contributed by atoms with Crippen molar-refractivity contribution in [2.75, 3.05) is 20.8 Å². The van der Waals surface area contributed by atoms with Crippen molar-refractivity contribution in [1.82, 2.24) is 0 Å². The highest BCUT2D eigenvalue weighted by molar-refractivity contribution is 7.00. The molecule has 0 N–H and O–H groups in total. The van der Waals surface area contributed by atoms with Crippen molar-refractivity contribution in [3.8, 4) is 0 Å². The van der Waals surface area contributed by atoms with Crippen molar-refractivity contribution in [3.63, 3.8) is 0 Å². The summed E-state index contributed by atoms with van der Waals surface area (Å²) in [6, 6.07) is 51.3. The Morgan fingerprint density at radius 1 is 0.580 bits per heavy atom. The van der Waals surface area contributed by atoms with Gasteiger partial charge < -0.3 is 46.8 Å². The molecule has 4 saturated heterocycles. The second-order valence-electron chi connectivity index (χ2n) is 25.1. The van der Waals surface area contributed by atoms with E-state index < -0.39 is 76.8 Å². The Kier molecular flexibility index (Phi) is 19.7. The lowest BCUT2D eigenvalue weighted by Crippen LogP contribution is -2.73. The van der Waals surface area contributed by atoms with Gasteiger partial charge in [-0.25, -0.2) is 4.79 Å². The zero-order chi connectivity index (χ0) is 57.5. The molecule has 4 aliphatic rings. The van der Waals surface area contributed by atoms with Crippen LogP contribution in [-0.4, -0.2) is 123 Å². The SMILES string of the molecule is COC(C[C@@H]1O[C@H](C[C@H](C)COC(=O)c2ccccc2)[C@H](C)C1CC(=O)C[C@H]1CC[C@@H]2O[C@@H]3[C@@H](O[C@H](CC=O)[C@@H]3O[Si](c3ccccc3)(c3ccccc3)C(C)(C)C)[C@@H](O[Si](c3ccccc3)(c3ccccc3)C(C)(C)C)[C@H]2O1)OC. The Balaban J connectivity index is 1.03. The summed E-state index contributed by atoms with van der Waals surface area (Å²) in [5, 5.41) is 3.69. The molecule has 9 rings (SSSR count). The third-order valence-electron chi connectivity index (χ3n) is 17.7. The first-order valence-corrected chi connectivity index (χ1v) is 33.2. The van der Waals surface area contributed by atoms with E-state index in [9.17, 15) is 14.4 Å². The van der Waals surface area contributed by atoms with Crippen LogP contribution in [0.15, 0.2) is 152 Å². The Hall–Kier alpha value is -4.98. The number of rotatable bonds is 23. The lowest BCUT2D eigenvalue weighted by Gasteiger charge is -2.53. The van der Waals surface area contributed by atoms with E-state index in [-0.39, 0.29) is 72.6 Å². The van der Waals surface area contributed by atoms with Gasteiger partial charge in [-0.2, -0.15) is 0 Å². The monoisotopic (exact) mass is 1140 g/mol. The minimum absolute atomic E-state index is 0.0102. The summed E-state index contributed by atoms with van der Waals surface area (Å²) in [6.45, 7) is 18.1. The number of aldehydes is 1. The fourth-order valence-corrected chi connectivity index (χ4v) is 23.1. The van der Waals surface area contributed by atoms with Crippen LogP contribution in [-0.2, 0) is 51.6 Å². The summed E-state index contributed by atoms with van der Waals surface area (Å²) < 4.78 is 62.2. The van der Waals surface area contributed by atoms with Crippen LogP contribution in [0.1, 0.15) is 111 Å². The molecule has 0 amide bonds. The van der Waals surface area contributed by atoms with Crippen molar-refractivity contribution >= 4 is 55.4 Å². The second kappa shape index (κ2) is 26.3. The predicted octanol–water partition coefficient (Wildman–Crippen LogP) is 9.81. The molecular formula is C67H86O12Si2. The molecule has 4 aliphatic heterocycles. The average molecular weight is 1140 g/mol. The van der Waals surface area contributed by atoms with E-state index in [0.717, 1.165) is 27.0 Å². The maximum Gasteiger partial charge on any atom is 0.338 e. The number of hydrogen-bond acceptors (Lipinski definition) is 12. The number of esters is 1. The predicted molar refractivity (Wildman–Crippen MR) is 319 cm³/mol. The molecule has 81 heavy (non-hydrogen) atoms. The minimum atomic E-state index is -3.32. The topological polar surface area (TPSA) is 134 Å². The Morgan fingerprint density at radius 2 is 1.06 bits per heavy atom. The van der Waals surface area contributed by atoms with E-state index in [1.54, 1.807) is 26.4 Å². The van der Waals surface area contributed by atoms with E-state index in [1.165, 1.54) is 0 Å². The van der Waals surface area contributed by atoms with E-state index in [1.807, 2.05) is 42.5 Å². The average Bonchev–Trinajstić information content (AvgIpc) is 4.14. The van der Waals surface area contributed by atoms with Crippen LogP contribution < -0.4 is 20.7 Å². The number of benzene rings is 5. The Labute approximate surface area is 483 Å². The van der Waals surface area contributed by atoms with E-state index in [2.05, 4.69) is 152 Å². The number of carbonyl (C=O) groups excluding carboxylic acids is 3. The molecular weight excluding hydrogens is 1050 g/mol. The van der Waals surface area contributed by atoms with Crippen LogP contribution in [0.2, 0.25) is 10.1 Å². The smallest absolute Gasteiger partial charge is 0.338 e. The highest BCUT2D eigenvalue weighted by Crippen LogP contribution is 2.49. The van der Waals surface area contributed by atoms with Crippen molar-refractivity contribution < 1.29 is 56.4 Å². The van der Waals surface area contributed by atoms with Crippen molar-refractivity contribution in [2.24, 2.45) is 17.8 Å². The van der Waals surface area contributed by atoms with Gasteiger partial charge in [0.2, 0.25) is 0 Å². The van der Waals surface area contributed by atoms with Gasteiger partial charge in [-0.3, -0.25) is 4.79 Å². The van der Waals surface area contributed by atoms with Gasteiger partial charge in [0.05, 0.1) is 42.7 Å². The Morgan fingerprint density at radius 3 is 1.54 bits per heavy atom. The lowest BCUT2D eigenvalue weighted by atomic mass is 9.80. The van der Waals surface area contributed by atoms with Gasteiger partial charge in [0.25, 0.3) is 16.6 Å². The maximum absolute atomic E-state index is 14.8. The summed E-state index contributed by atoms with van der Waals surface area (Å²) in [7, 11) is -3.31. The summed E-state index contributed by atoms with van der Waals surface area (Å²) in [5.74, 6) is -0.364. The number of methoxy groups -OCH3 is 2. The number of ether oxygens (including phenoxy) is 7. The largest absolute Gasteiger partial charge is 0.462 e. The van der Waals surface area contributed by atoms with Gasteiger partial charge in [-0.15, -0.1) is 0 Å². The highest BCUT2D eigenvalue weighted by Gasteiger charge is 2.64. The molecule has 0 saturated carbocycles. The normalized spacial score (nSPS) is 27.3. The fraction of sp³-hybridized carbons (Fsp3) is 0.507. The summed E-state index contributed by atoms with van der Waals surface area (Å²) in [4.78, 5) is 40.6. The van der Waals surface area contributed by atoms with Crippen LogP contribution in [0.5, 0.6) is 0 Å². The number of hydrogen-bond donors (Lipinski definition) is 0. The van der Waals surface area contributed by atoms with Gasteiger partial charge in [0.1, 0.15) is 42.6 Å². The molecule has 1 unspecified atom stereocenters. The third-order valence-corrected chi connectivity index (χ3v) is 27.8. The first-order chi connectivity index (χ1) is 38.9. The maximum atomic E-state index is 14.8. The molecule has 5 aromatic carbocycles. The molecule has 0 aliphatic carbocycles. The van der Waals surface area contributed by atoms with Gasteiger partial charge in [-0.05, 0) is 80.0 Å². The van der Waals surface area contributed by atoms with Gasteiger partial charge in [0.15, 0.2) is 6.29 Å². The van der Waals surface area contributed by atoms with Crippen molar-refractivity contribution in [3.05, 3.63) is 157 Å². The molecule has 14 heteroatoms. The highest BCUT2D eigenvalue weighted by atomic mass is 28.4. The van der Waals surface area contributed by atoms with E-state index >= 15 is 0 Å². The molecule has 0 spiro atoms. The number of ketones is 1. The van der Waals surface area contributed by atoms with Crippen LogP contribution >= 0.6 is 0 Å². The zero-order valence-corrected chi connectivity index (χ0v) is 51.1. The quantitative estimate of drug-likeness (QED) is 0.0267.